The van der Waals surface area contributed by atoms with Crippen LogP contribution in [0.2, 0.25) is 0 Å². The molecular formula is C29H34F3N3O5S2. The predicted octanol–water partition coefficient (Wildman–Crippen LogP) is 4.85. The summed E-state index contributed by atoms with van der Waals surface area (Å²) in [4.78, 5) is 17.0. The number of nitrogens with zero attached hydrogens (tertiary/aromatic N) is 2. The third-order valence-electron chi connectivity index (χ3n) is 7.15. The van der Waals surface area contributed by atoms with Gasteiger partial charge in [0, 0.05) is 36.8 Å². The first-order chi connectivity index (χ1) is 19.8. The van der Waals surface area contributed by atoms with Crippen LogP contribution in [-0.2, 0) is 34.0 Å². The van der Waals surface area contributed by atoms with Crippen LogP contribution in [0.15, 0.2) is 64.2 Å². The maximum atomic E-state index is 13.4. The minimum Gasteiger partial charge on any atom is -0.488 e. The van der Waals surface area contributed by atoms with Crippen molar-refractivity contribution in [2.24, 2.45) is 5.92 Å². The molecule has 0 radical (unpaired) electrons. The molecule has 42 heavy (non-hydrogen) atoms. The molecule has 1 aromatic heterocycles. The summed E-state index contributed by atoms with van der Waals surface area (Å²) in [6.07, 6.45) is -4.90. The number of fused-ring (bicyclic) bond motifs is 1. The number of nitrogens with one attached hydrogen (secondary N) is 1. The number of rotatable bonds is 9. The number of aliphatic hydroxyl groups excluding tert-OH is 1. The number of hydrogen-bond acceptors (Lipinski definition) is 7. The Labute approximate surface area is 247 Å². The molecule has 1 aliphatic heterocycles. The lowest BCUT2D eigenvalue weighted by Gasteiger charge is -2.34. The molecule has 0 unspecified atom stereocenters. The van der Waals surface area contributed by atoms with E-state index in [1.807, 2.05) is 18.9 Å². The molecule has 0 fully saturated rings. The number of hydrogen-bond donors (Lipinski definition) is 2. The fourth-order valence-electron chi connectivity index (χ4n) is 4.82. The van der Waals surface area contributed by atoms with E-state index in [2.05, 4.69) is 4.72 Å². The van der Waals surface area contributed by atoms with E-state index in [-0.39, 0.29) is 34.7 Å². The number of likely N-dealkylation sites (N-methyl/N-ethyl adjacent to an activating group) is 1. The van der Waals surface area contributed by atoms with Gasteiger partial charge >= 0.3 is 6.18 Å². The zero-order chi connectivity index (χ0) is 30.7. The van der Waals surface area contributed by atoms with E-state index in [0.29, 0.717) is 36.5 Å². The van der Waals surface area contributed by atoms with Crippen molar-refractivity contribution in [3.05, 3.63) is 76.7 Å². The highest BCUT2D eigenvalue weighted by atomic mass is 32.2. The standard InChI is InChI=1S/C29H34F3N3O5S2/c1-19-15-35(20(2)18-36)27(37)14-22-13-24(33-42(38,39)28-5-4-12-41-28)10-11-25(22)40-26(19)17-34(3)16-21-6-8-23(9-7-21)29(30,31)32/h4-13,19-20,26,33,36H,14-18H2,1-3H3/t19-,20-,26-/m0/s1. The molecule has 4 rings (SSSR count). The van der Waals surface area contributed by atoms with E-state index in [1.54, 1.807) is 41.5 Å². The number of carbonyl (C=O) groups is 1. The topological polar surface area (TPSA) is 99.2 Å². The monoisotopic (exact) mass is 625 g/mol. The average molecular weight is 626 g/mol. The first-order valence-corrected chi connectivity index (χ1v) is 15.7. The molecule has 8 nitrogen and oxygen atoms in total. The van der Waals surface area contributed by atoms with Crippen LogP contribution in [0, 0.1) is 5.92 Å². The van der Waals surface area contributed by atoms with E-state index in [1.165, 1.54) is 18.2 Å². The van der Waals surface area contributed by atoms with E-state index in [9.17, 15) is 31.5 Å². The van der Waals surface area contributed by atoms with Crippen molar-refractivity contribution in [2.75, 3.05) is 31.5 Å². The van der Waals surface area contributed by atoms with Gasteiger partial charge in [-0.3, -0.25) is 14.4 Å². The number of sulfonamides is 1. The molecule has 13 heteroatoms. The molecule has 0 aliphatic carbocycles. The van der Waals surface area contributed by atoms with Crippen molar-refractivity contribution in [1.29, 1.82) is 0 Å². The zero-order valence-electron chi connectivity index (χ0n) is 23.5. The second kappa shape index (κ2) is 13.0. The fraction of sp³-hybridized carbons (Fsp3) is 0.414. The molecule has 1 aliphatic rings. The van der Waals surface area contributed by atoms with Crippen LogP contribution in [0.3, 0.4) is 0 Å². The van der Waals surface area contributed by atoms with Crippen LogP contribution in [0.1, 0.15) is 30.5 Å². The Balaban J connectivity index is 1.59. The largest absolute Gasteiger partial charge is 0.488 e. The van der Waals surface area contributed by atoms with Gasteiger partial charge in [-0.25, -0.2) is 8.42 Å². The number of ether oxygens (including phenoxy) is 1. The number of alkyl halides is 3. The van der Waals surface area contributed by atoms with Crippen molar-refractivity contribution in [2.45, 2.75) is 49.3 Å². The van der Waals surface area contributed by atoms with Gasteiger partial charge in [0.25, 0.3) is 10.0 Å². The number of anilines is 1. The molecule has 0 spiro atoms. The van der Waals surface area contributed by atoms with Crippen molar-refractivity contribution >= 4 is 33.0 Å². The zero-order valence-corrected chi connectivity index (χ0v) is 25.1. The van der Waals surface area contributed by atoms with Gasteiger partial charge in [-0.05, 0) is 61.3 Å². The lowest BCUT2D eigenvalue weighted by molar-refractivity contribution is -0.137. The fourth-order valence-corrected chi connectivity index (χ4v) is 6.86. The minimum atomic E-state index is -4.41. The van der Waals surface area contributed by atoms with Crippen LogP contribution in [0.5, 0.6) is 5.75 Å². The number of benzene rings is 2. The number of carbonyl (C=O) groups excluding carboxylic acids is 1. The van der Waals surface area contributed by atoms with Gasteiger partial charge in [0.15, 0.2) is 0 Å². The van der Waals surface area contributed by atoms with Crippen LogP contribution in [0.25, 0.3) is 0 Å². The smallest absolute Gasteiger partial charge is 0.416 e. The summed E-state index contributed by atoms with van der Waals surface area (Å²) in [5.74, 6) is 0.0203. The molecule has 2 heterocycles. The first kappa shape index (κ1) is 31.8. The van der Waals surface area contributed by atoms with Crippen molar-refractivity contribution < 1.29 is 36.2 Å². The molecule has 0 bridgehead atoms. The minimum absolute atomic E-state index is 0.0604. The number of halogens is 3. The summed E-state index contributed by atoms with van der Waals surface area (Å²) >= 11 is 1.09. The molecule has 2 N–H and O–H groups in total. The van der Waals surface area contributed by atoms with Gasteiger partial charge in [0.05, 0.1) is 24.6 Å². The Hall–Kier alpha value is -3.13. The maximum absolute atomic E-state index is 13.4. The SMILES string of the molecule is C[C@H]1CN([C@@H](C)CO)C(=O)Cc2cc(NS(=O)(=O)c3cccs3)ccc2O[C@H]1CN(C)Cc1ccc(C(F)(F)F)cc1. The number of thiophene rings is 1. The van der Waals surface area contributed by atoms with Gasteiger partial charge in [-0.1, -0.05) is 25.1 Å². The summed E-state index contributed by atoms with van der Waals surface area (Å²) in [5, 5.41) is 11.5. The molecule has 228 valence electrons. The van der Waals surface area contributed by atoms with E-state index < -0.39 is 33.9 Å². The molecule has 3 atom stereocenters. The Morgan fingerprint density at radius 3 is 2.52 bits per heavy atom. The molecule has 0 saturated carbocycles. The Morgan fingerprint density at radius 2 is 1.90 bits per heavy atom. The maximum Gasteiger partial charge on any atom is 0.416 e. The third kappa shape index (κ3) is 7.82. The summed E-state index contributed by atoms with van der Waals surface area (Å²) in [6, 6.07) is 12.5. The highest BCUT2D eigenvalue weighted by molar-refractivity contribution is 7.94. The summed E-state index contributed by atoms with van der Waals surface area (Å²) < 4.78 is 73.7. The lowest BCUT2D eigenvalue weighted by atomic mass is 10.0. The van der Waals surface area contributed by atoms with E-state index in [0.717, 1.165) is 23.5 Å². The Bertz CT molecular complexity index is 1460. The normalized spacial score (nSPS) is 19.0. The second-order valence-electron chi connectivity index (χ2n) is 10.6. The summed E-state index contributed by atoms with van der Waals surface area (Å²) in [5.41, 5.74) is 0.767. The van der Waals surface area contributed by atoms with Crippen molar-refractivity contribution in [3.63, 3.8) is 0 Å². The highest BCUT2D eigenvalue weighted by Gasteiger charge is 2.32. The first-order valence-electron chi connectivity index (χ1n) is 13.4. The Morgan fingerprint density at radius 1 is 1.19 bits per heavy atom. The summed E-state index contributed by atoms with van der Waals surface area (Å²) in [6.45, 7) is 4.54. The number of aliphatic hydroxyl groups is 1. The van der Waals surface area contributed by atoms with Crippen LogP contribution in [-0.4, -0.2) is 68.1 Å². The van der Waals surface area contributed by atoms with Crippen LogP contribution < -0.4 is 9.46 Å². The van der Waals surface area contributed by atoms with Gasteiger partial charge in [-0.2, -0.15) is 13.2 Å². The number of amides is 1. The van der Waals surface area contributed by atoms with E-state index >= 15 is 0 Å². The van der Waals surface area contributed by atoms with Crippen LogP contribution in [0.4, 0.5) is 18.9 Å². The second-order valence-corrected chi connectivity index (χ2v) is 13.5. The molecule has 1 amide bonds. The Kier molecular flexibility index (Phi) is 9.86. The molecular weight excluding hydrogens is 591 g/mol. The molecule has 0 saturated heterocycles. The molecule has 3 aromatic rings. The molecule has 2 aromatic carbocycles. The van der Waals surface area contributed by atoms with Crippen molar-refractivity contribution in [1.82, 2.24) is 9.80 Å². The van der Waals surface area contributed by atoms with Crippen molar-refractivity contribution in [3.8, 4) is 5.75 Å². The lowest BCUT2D eigenvalue weighted by Crippen LogP contribution is -2.47. The highest BCUT2D eigenvalue weighted by Crippen LogP contribution is 2.31. The van der Waals surface area contributed by atoms with Crippen LogP contribution >= 0.6 is 11.3 Å². The quantitative estimate of drug-likeness (QED) is 0.353. The summed E-state index contributed by atoms with van der Waals surface area (Å²) in [7, 11) is -1.97. The van der Waals surface area contributed by atoms with Gasteiger partial charge in [-0.15, -0.1) is 11.3 Å². The van der Waals surface area contributed by atoms with Gasteiger partial charge < -0.3 is 14.7 Å². The van der Waals surface area contributed by atoms with Gasteiger partial charge in [0.1, 0.15) is 16.1 Å². The predicted molar refractivity (Wildman–Crippen MR) is 155 cm³/mol. The van der Waals surface area contributed by atoms with Gasteiger partial charge in [0.2, 0.25) is 5.91 Å². The third-order valence-corrected chi connectivity index (χ3v) is 9.93. The van der Waals surface area contributed by atoms with E-state index in [4.69, 9.17) is 4.74 Å². The average Bonchev–Trinajstić information content (AvgIpc) is 3.48.